The summed E-state index contributed by atoms with van der Waals surface area (Å²) in [5, 5.41) is 9.27. The molecule has 1 N–H and O–H groups in total. The summed E-state index contributed by atoms with van der Waals surface area (Å²) in [5.74, 6) is 3.02. The second-order valence-electron chi connectivity index (χ2n) is 11.6. The van der Waals surface area contributed by atoms with Crippen LogP contribution in [0.4, 0.5) is 10.6 Å². The zero-order chi connectivity index (χ0) is 29.9. The van der Waals surface area contributed by atoms with Crippen molar-refractivity contribution in [2.45, 2.75) is 59.0 Å². The highest BCUT2D eigenvalue weighted by atomic mass is 16.6. The van der Waals surface area contributed by atoms with Crippen molar-refractivity contribution in [3.63, 3.8) is 0 Å². The Bertz CT molecular complexity index is 1530. The molecule has 4 aromatic rings. The van der Waals surface area contributed by atoms with Crippen molar-refractivity contribution < 1.29 is 19.4 Å². The van der Waals surface area contributed by atoms with E-state index in [9.17, 15) is 9.90 Å². The number of aryl methyl sites for hydroxylation is 2. The number of imidazole rings is 2. The van der Waals surface area contributed by atoms with Gasteiger partial charge in [0.1, 0.15) is 17.2 Å². The van der Waals surface area contributed by atoms with Crippen molar-refractivity contribution in [3.8, 4) is 5.95 Å². The Hall–Kier alpha value is -3.77. The molecule has 4 heterocycles. The number of para-hydroxylation sites is 2. The van der Waals surface area contributed by atoms with Crippen molar-refractivity contribution in [3.05, 3.63) is 35.9 Å². The number of nitrogens with zero attached hydrogens (tertiary/aromatic N) is 8. The molecular weight excluding hydrogens is 536 g/mol. The Morgan fingerprint density at radius 2 is 1.81 bits per heavy atom. The van der Waals surface area contributed by atoms with Gasteiger partial charge in [-0.2, -0.15) is 9.97 Å². The number of morpholine rings is 1. The van der Waals surface area contributed by atoms with Crippen LogP contribution in [-0.4, -0.2) is 96.8 Å². The van der Waals surface area contributed by atoms with Crippen LogP contribution in [0.25, 0.3) is 28.1 Å². The van der Waals surface area contributed by atoms with Gasteiger partial charge in [0, 0.05) is 52.7 Å². The number of aliphatic hydroxyl groups excluding tert-OH is 1. The summed E-state index contributed by atoms with van der Waals surface area (Å²) in [6.07, 6.45) is 2.19. The number of hydrogen-bond donors (Lipinski definition) is 1. The Balaban J connectivity index is 1.54. The summed E-state index contributed by atoms with van der Waals surface area (Å²) in [4.78, 5) is 36.9. The maximum atomic E-state index is 13.0. The molecule has 0 atom stereocenters. The van der Waals surface area contributed by atoms with Crippen molar-refractivity contribution in [1.82, 2.24) is 34.0 Å². The molecule has 1 aliphatic heterocycles. The summed E-state index contributed by atoms with van der Waals surface area (Å²) in [6, 6.07) is 8.03. The zero-order valence-electron chi connectivity index (χ0n) is 25.3. The van der Waals surface area contributed by atoms with E-state index >= 15 is 0 Å². The van der Waals surface area contributed by atoms with Gasteiger partial charge in [0.2, 0.25) is 5.95 Å². The highest BCUT2D eigenvalue weighted by molar-refractivity contribution is 5.86. The molecule has 0 saturated carbocycles. The number of carbonyl (C=O) groups excluding carboxylic acids is 1. The van der Waals surface area contributed by atoms with Crippen molar-refractivity contribution in [2.75, 3.05) is 50.9 Å². The van der Waals surface area contributed by atoms with Gasteiger partial charge in [0.25, 0.3) is 0 Å². The Kier molecular flexibility index (Phi) is 8.93. The fourth-order valence-electron chi connectivity index (χ4n) is 5.21. The monoisotopic (exact) mass is 578 g/mol. The molecule has 0 unspecified atom stereocenters. The van der Waals surface area contributed by atoms with E-state index in [4.69, 9.17) is 29.4 Å². The van der Waals surface area contributed by atoms with Crippen LogP contribution in [0.15, 0.2) is 24.3 Å². The molecule has 1 aliphatic rings. The average Bonchev–Trinajstić information content (AvgIpc) is 3.51. The van der Waals surface area contributed by atoms with Gasteiger partial charge in [-0.25, -0.2) is 14.8 Å². The maximum Gasteiger partial charge on any atom is 0.410 e. The molecule has 5 rings (SSSR count). The molecule has 3 aromatic heterocycles. The number of rotatable bonds is 10. The normalized spacial score (nSPS) is 14.2. The Labute approximate surface area is 246 Å². The summed E-state index contributed by atoms with van der Waals surface area (Å²) in [7, 11) is 1.96. The summed E-state index contributed by atoms with van der Waals surface area (Å²) >= 11 is 0. The number of amides is 1. The van der Waals surface area contributed by atoms with Crippen LogP contribution in [0.5, 0.6) is 0 Å². The fourth-order valence-corrected chi connectivity index (χ4v) is 5.21. The van der Waals surface area contributed by atoms with E-state index in [2.05, 4.69) is 11.8 Å². The lowest BCUT2D eigenvalue weighted by Gasteiger charge is -2.28. The lowest BCUT2D eigenvalue weighted by atomic mass is 10.2. The first-order valence-corrected chi connectivity index (χ1v) is 14.8. The number of ether oxygens (including phenoxy) is 2. The molecule has 1 fully saturated rings. The fraction of sp³-hybridized carbons (Fsp3) is 0.567. The molecule has 1 saturated heterocycles. The second-order valence-corrected chi connectivity index (χ2v) is 11.6. The second kappa shape index (κ2) is 12.6. The first-order chi connectivity index (χ1) is 20.2. The molecule has 226 valence electrons. The topological polar surface area (TPSA) is 124 Å². The number of carbonyl (C=O) groups is 1. The van der Waals surface area contributed by atoms with E-state index < -0.39 is 5.60 Å². The quantitative estimate of drug-likeness (QED) is 0.281. The van der Waals surface area contributed by atoms with Gasteiger partial charge < -0.3 is 28.9 Å². The van der Waals surface area contributed by atoms with Crippen LogP contribution in [0, 0.1) is 0 Å². The highest BCUT2D eigenvalue weighted by Gasteiger charge is 2.26. The van der Waals surface area contributed by atoms with Gasteiger partial charge in [-0.3, -0.25) is 4.57 Å². The van der Waals surface area contributed by atoms with Gasteiger partial charge in [-0.1, -0.05) is 19.1 Å². The lowest BCUT2D eigenvalue weighted by Crippen LogP contribution is -2.39. The number of aromatic nitrogens is 6. The Morgan fingerprint density at radius 1 is 1.05 bits per heavy atom. The first kappa shape index (κ1) is 29.7. The smallest absolute Gasteiger partial charge is 0.410 e. The molecule has 1 amide bonds. The molecule has 1 aromatic carbocycles. The number of benzene rings is 1. The third kappa shape index (κ3) is 6.34. The number of anilines is 1. The molecule has 0 radical (unpaired) electrons. The predicted molar refractivity (Wildman–Crippen MR) is 161 cm³/mol. The predicted octanol–water partition coefficient (Wildman–Crippen LogP) is 3.65. The van der Waals surface area contributed by atoms with Crippen molar-refractivity contribution in [2.24, 2.45) is 7.05 Å². The van der Waals surface area contributed by atoms with E-state index in [1.807, 2.05) is 61.2 Å². The van der Waals surface area contributed by atoms with Crippen LogP contribution in [0.2, 0.25) is 0 Å². The van der Waals surface area contributed by atoms with E-state index in [1.54, 1.807) is 4.90 Å². The minimum Gasteiger partial charge on any atom is -0.444 e. The molecule has 12 heteroatoms. The highest BCUT2D eigenvalue weighted by Crippen LogP contribution is 2.28. The van der Waals surface area contributed by atoms with Gasteiger partial charge in [-0.15, -0.1) is 0 Å². The Morgan fingerprint density at radius 3 is 2.52 bits per heavy atom. The minimum atomic E-state index is -0.599. The zero-order valence-corrected chi connectivity index (χ0v) is 25.3. The lowest BCUT2D eigenvalue weighted by molar-refractivity contribution is 0.0245. The summed E-state index contributed by atoms with van der Waals surface area (Å²) < 4.78 is 15.3. The third-order valence-corrected chi connectivity index (χ3v) is 7.33. The minimum absolute atomic E-state index is 0.0875. The largest absolute Gasteiger partial charge is 0.444 e. The van der Waals surface area contributed by atoms with Crippen LogP contribution in [0.3, 0.4) is 0 Å². The number of aliphatic hydroxyl groups is 1. The van der Waals surface area contributed by atoms with Gasteiger partial charge in [0.05, 0.1) is 24.2 Å². The van der Waals surface area contributed by atoms with E-state index in [-0.39, 0.29) is 12.7 Å². The SMILES string of the molecule is CCc1nc2ccccc2n1-c1nc(N2CCOCC2)c2nc(CCN(CCCCO)C(=O)OC(C)(C)C)n(C)c2n1. The molecule has 0 bridgehead atoms. The van der Waals surface area contributed by atoms with E-state index in [0.717, 1.165) is 46.1 Å². The van der Waals surface area contributed by atoms with Crippen LogP contribution in [-0.2, 0) is 29.4 Å². The standard InChI is InChI=1S/C30H42N8O4/c1-6-23-31-21-11-7-8-12-22(21)38(23)28-33-26-25(27(34-28)36-16-19-41-20-17-36)32-24(35(26)5)13-15-37(14-9-10-18-39)29(40)42-30(2,3)4/h7-8,11-12,39H,6,9-10,13-20H2,1-5H3. The van der Waals surface area contributed by atoms with E-state index in [0.29, 0.717) is 64.6 Å². The van der Waals surface area contributed by atoms with E-state index in [1.165, 1.54) is 0 Å². The summed E-state index contributed by atoms with van der Waals surface area (Å²) in [6.45, 7) is 11.3. The van der Waals surface area contributed by atoms with Gasteiger partial charge >= 0.3 is 6.09 Å². The van der Waals surface area contributed by atoms with Crippen molar-refractivity contribution >= 4 is 34.1 Å². The maximum absolute atomic E-state index is 13.0. The molecule has 0 aliphatic carbocycles. The molecular formula is C30H42N8O4. The van der Waals surface area contributed by atoms with Crippen LogP contribution in [0.1, 0.15) is 52.2 Å². The van der Waals surface area contributed by atoms with Crippen molar-refractivity contribution in [1.29, 1.82) is 0 Å². The summed E-state index contributed by atoms with van der Waals surface area (Å²) in [5.41, 5.74) is 2.71. The number of unbranched alkanes of at least 4 members (excludes halogenated alkanes) is 1. The first-order valence-electron chi connectivity index (χ1n) is 14.8. The number of hydrogen-bond acceptors (Lipinski definition) is 9. The molecule has 0 spiro atoms. The molecule has 12 nitrogen and oxygen atoms in total. The number of fused-ring (bicyclic) bond motifs is 2. The van der Waals surface area contributed by atoms with Crippen LogP contribution >= 0.6 is 0 Å². The third-order valence-electron chi connectivity index (χ3n) is 7.33. The molecule has 42 heavy (non-hydrogen) atoms. The van der Waals surface area contributed by atoms with Gasteiger partial charge in [-0.05, 0) is 45.7 Å². The average molecular weight is 579 g/mol. The van der Waals surface area contributed by atoms with Crippen LogP contribution < -0.4 is 4.90 Å². The van der Waals surface area contributed by atoms with Gasteiger partial charge in [0.15, 0.2) is 17.0 Å².